The molecule has 0 aromatic carbocycles. The zero-order valence-corrected chi connectivity index (χ0v) is 8.83. The minimum absolute atomic E-state index is 0.805. The van der Waals surface area contributed by atoms with E-state index < -0.39 is 0 Å². The zero-order valence-electron chi connectivity index (χ0n) is 8.83. The fourth-order valence-electron chi connectivity index (χ4n) is 2.73. The van der Waals surface area contributed by atoms with E-state index >= 15 is 0 Å². The van der Waals surface area contributed by atoms with Gasteiger partial charge >= 0.3 is 0 Å². The van der Waals surface area contributed by atoms with E-state index in [9.17, 15) is 0 Å². The fraction of sp³-hybridized carbons (Fsp3) is 1.00. The van der Waals surface area contributed by atoms with E-state index in [4.69, 9.17) is 4.74 Å². The smallest absolute Gasteiger partial charge is 0.0506 e. The number of ether oxygens (including phenoxy) is 1. The van der Waals surface area contributed by atoms with Gasteiger partial charge in [0.15, 0.2) is 0 Å². The molecule has 2 heteroatoms. The van der Waals surface area contributed by atoms with Crippen molar-refractivity contribution in [2.45, 2.75) is 20.3 Å². The Morgan fingerprint density at radius 3 is 2.38 bits per heavy atom. The van der Waals surface area contributed by atoms with Gasteiger partial charge in [-0.15, -0.1) is 0 Å². The van der Waals surface area contributed by atoms with E-state index in [1.165, 1.54) is 26.1 Å². The van der Waals surface area contributed by atoms with Gasteiger partial charge in [0.2, 0.25) is 0 Å². The van der Waals surface area contributed by atoms with Crippen LogP contribution in [-0.4, -0.2) is 37.7 Å². The van der Waals surface area contributed by atoms with Crippen LogP contribution in [0, 0.1) is 17.8 Å². The molecule has 2 fully saturated rings. The molecule has 0 saturated carbocycles. The maximum absolute atomic E-state index is 5.56. The third-order valence-electron chi connectivity index (χ3n) is 3.03. The summed E-state index contributed by atoms with van der Waals surface area (Å²) < 4.78 is 5.56. The molecule has 76 valence electrons. The number of likely N-dealkylation sites (tertiary alicyclic amines) is 1. The second-order valence-electron chi connectivity index (χ2n) is 5.12. The average molecular weight is 183 g/mol. The van der Waals surface area contributed by atoms with Crippen molar-refractivity contribution in [3.63, 3.8) is 0 Å². The van der Waals surface area contributed by atoms with E-state index in [0.717, 1.165) is 31.0 Å². The molecule has 2 saturated heterocycles. The van der Waals surface area contributed by atoms with Crippen LogP contribution in [-0.2, 0) is 4.74 Å². The maximum atomic E-state index is 5.56. The molecule has 13 heavy (non-hydrogen) atoms. The van der Waals surface area contributed by atoms with Gasteiger partial charge in [-0.25, -0.2) is 0 Å². The van der Waals surface area contributed by atoms with E-state index in [0.29, 0.717) is 0 Å². The lowest BCUT2D eigenvalue weighted by atomic mass is 9.88. The molecule has 2 nitrogen and oxygen atoms in total. The van der Waals surface area contributed by atoms with Gasteiger partial charge in [-0.3, -0.25) is 0 Å². The van der Waals surface area contributed by atoms with Crippen molar-refractivity contribution in [2.24, 2.45) is 17.8 Å². The molecule has 0 aromatic heterocycles. The Bertz CT molecular complexity index is 157. The molecule has 2 atom stereocenters. The molecular formula is C11H21NO. The lowest BCUT2D eigenvalue weighted by Gasteiger charge is -2.41. The highest BCUT2D eigenvalue weighted by Gasteiger charge is 2.30. The highest BCUT2D eigenvalue weighted by Crippen LogP contribution is 2.27. The van der Waals surface area contributed by atoms with Crippen molar-refractivity contribution >= 4 is 0 Å². The number of hydrogen-bond acceptors (Lipinski definition) is 2. The Morgan fingerprint density at radius 1 is 1.23 bits per heavy atom. The second-order valence-corrected chi connectivity index (χ2v) is 5.12. The van der Waals surface area contributed by atoms with Crippen LogP contribution < -0.4 is 0 Å². The van der Waals surface area contributed by atoms with E-state index in [2.05, 4.69) is 18.7 Å². The van der Waals surface area contributed by atoms with Crippen LogP contribution >= 0.6 is 0 Å². The first kappa shape index (κ1) is 9.47. The van der Waals surface area contributed by atoms with Crippen LogP contribution in [0.3, 0.4) is 0 Å². The van der Waals surface area contributed by atoms with E-state index in [1.54, 1.807) is 0 Å². The summed E-state index contributed by atoms with van der Waals surface area (Å²) in [5.74, 6) is 2.46. The summed E-state index contributed by atoms with van der Waals surface area (Å²) in [4.78, 5) is 2.63. The lowest BCUT2D eigenvalue weighted by molar-refractivity contribution is -0.0426. The lowest BCUT2D eigenvalue weighted by Crippen LogP contribution is -2.47. The summed E-state index contributed by atoms with van der Waals surface area (Å²) in [6.45, 7) is 10.4. The molecule has 2 bridgehead atoms. The quantitative estimate of drug-likeness (QED) is 0.645. The first-order valence-corrected chi connectivity index (χ1v) is 5.54. The summed E-state index contributed by atoms with van der Waals surface area (Å²) >= 11 is 0. The van der Waals surface area contributed by atoms with E-state index in [-0.39, 0.29) is 0 Å². The predicted octanol–water partition coefficient (Wildman–Crippen LogP) is 1.61. The molecule has 0 radical (unpaired) electrons. The summed E-state index contributed by atoms with van der Waals surface area (Å²) in [6, 6.07) is 0. The molecule has 2 heterocycles. The van der Waals surface area contributed by atoms with Crippen molar-refractivity contribution in [3.8, 4) is 0 Å². The van der Waals surface area contributed by atoms with Gasteiger partial charge in [0.25, 0.3) is 0 Å². The highest BCUT2D eigenvalue weighted by atomic mass is 16.5. The third kappa shape index (κ3) is 2.44. The fourth-order valence-corrected chi connectivity index (χ4v) is 2.73. The second kappa shape index (κ2) is 3.97. The third-order valence-corrected chi connectivity index (χ3v) is 3.03. The Morgan fingerprint density at radius 2 is 1.85 bits per heavy atom. The summed E-state index contributed by atoms with van der Waals surface area (Å²) in [5.41, 5.74) is 0. The molecule has 0 N–H and O–H groups in total. The molecule has 2 aliphatic rings. The molecule has 0 amide bonds. The first-order chi connectivity index (χ1) is 6.24. The number of hydrogen-bond donors (Lipinski definition) is 0. The number of rotatable bonds is 2. The largest absolute Gasteiger partial charge is 0.381 e. The molecule has 2 rings (SSSR count). The van der Waals surface area contributed by atoms with Gasteiger partial charge in [0.05, 0.1) is 13.2 Å². The molecule has 0 aromatic rings. The molecule has 0 aliphatic carbocycles. The highest BCUT2D eigenvalue weighted by molar-refractivity contribution is 4.82. The zero-order chi connectivity index (χ0) is 9.26. The van der Waals surface area contributed by atoms with Crippen LogP contribution in [0.25, 0.3) is 0 Å². The Hall–Kier alpha value is -0.0800. The van der Waals surface area contributed by atoms with Gasteiger partial charge in [-0.2, -0.15) is 0 Å². The van der Waals surface area contributed by atoms with Gasteiger partial charge in [-0.1, -0.05) is 13.8 Å². The summed E-state index contributed by atoms with van der Waals surface area (Å²) in [7, 11) is 0. The van der Waals surface area contributed by atoms with Gasteiger partial charge in [-0.05, 0) is 24.2 Å². The minimum atomic E-state index is 0.805. The van der Waals surface area contributed by atoms with Crippen LogP contribution in [0.1, 0.15) is 20.3 Å². The predicted molar refractivity (Wildman–Crippen MR) is 53.7 cm³/mol. The maximum Gasteiger partial charge on any atom is 0.0506 e. The molecule has 2 unspecified atom stereocenters. The van der Waals surface area contributed by atoms with Gasteiger partial charge in [0, 0.05) is 19.6 Å². The van der Waals surface area contributed by atoms with Crippen molar-refractivity contribution in [2.75, 3.05) is 32.8 Å². The first-order valence-electron chi connectivity index (χ1n) is 5.54. The Labute approximate surface area is 81.3 Å². The normalized spacial score (nSPS) is 35.3. The van der Waals surface area contributed by atoms with Gasteiger partial charge in [0.1, 0.15) is 0 Å². The molecular weight excluding hydrogens is 162 g/mol. The number of nitrogens with zero attached hydrogens (tertiary/aromatic N) is 1. The number of fused-ring (bicyclic) bond motifs is 2. The molecule has 0 spiro atoms. The SMILES string of the molecule is CC(C)CN1CC2COCC(C2)C1. The molecule has 2 aliphatic heterocycles. The summed E-state index contributed by atoms with van der Waals surface area (Å²) in [5, 5.41) is 0. The Balaban J connectivity index is 1.86. The monoisotopic (exact) mass is 183 g/mol. The van der Waals surface area contributed by atoms with Crippen LogP contribution in [0.15, 0.2) is 0 Å². The average Bonchev–Trinajstić information content (AvgIpc) is 2.01. The van der Waals surface area contributed by atoms with E-state index in [1.807, 2.05) is 0 Å². The van der Waals surface area contributed by atoms with Crippen molar-refractivity contribution < 1.29 is 4.74 Å². The number of piperidine rings is 1. The van der Waals surface area contributed by atoms with Crippen LogP contribution in [0.2, 0.25) is 0 Å². The standard InChI is InChI=1S/C11H21NO/c1-9(2)4-12-5-10-3-11(6-12)8-13-7-10/h9-11H,3-8H2,1-2H3. The van der Waals surface area contributed by atoms with Crippen molar-refractivity contribution in [1.82, 2.24) is 4.90 Å². The Kier molecular flexibility index (Phi) is 2.89. The minimum Gasteiger partial charge on any atom is -0.381 e. The van der Waals surface area contributed by atoms with Crippen molar-refractivity contribution in [3.05, 3.63) is 0 Å². The van der Waals surface area contributed by atoms with Crippen LogP contribution in [0.4, 0.5) is 0 Å². The van der Waals surface area contributed by atoms with Gasteiger partial charge < -0.3 is 9.64 Å². The van der Waals surface area contributed by atoms with Crippen molar-refractivity contribution in [1.29, 1.82) is 0 Å². The topological polar surface area (TPSA) is 12.5 Å². The summed E-state index contributed by atoms with van der Waals surface area (Å²) in [6.07, 6.45) is 1.41. The van der Waals surface area contributed by atoms with Crippen LogP contribution in [0.5, 0.6) is 0 Å².